The van der Waals surface area contributed by atoms with E-state index in [1.165, 1.54) is 0 Å². The molecule has 3 aromatic rings. The van der Waals surface area contributed by atoms with E-state index >= 15 is 0 Å². The maximum absolute atomic E-state index is 12.7. The number of hydrogen-bond donors (Lipinski definition) is 2. The van der Waals surface area contributed by atoms with Gasteiger partial charge in [0.25, 0.3) is 15.9 Å². The van der Waals surface area contributed by atoms with Gasteiger partial charge in [-0.2, -0.15) is 0 Å². The van der Waals surface area contributed by atoms with E-state index in [2.05, 4.69) is 10.0 Å². The van der Waals surface area contributed by atoms with Crippen molar-refractivity contribution in [1.82, 2.24) is 0 Å². The second-order valence-corrected chi connectivity index (χ2v) is 8.57. The number of carbonyl (C=O) groups excluding carboxylic acids is 1. The van der Waals surface area contributed by atoms with E-state index < -0.39 is 10.0 Å². The number of aryl methyl sites for hydroxylation is 3. The minimum absolute atomic E-state index is 0.241. The van der Waals surface area contributed by atoms with Crippen LogP contribution in [0.1, 0.15) is 34.0 Å². The Balaban J connectivity index is 1.76. The highest BCUT2D eigenvalue weighted by Crippen LogP contribution is 2.22. The molecule has 3 aromatic carbocycles. The third-order valence-electron chi connectivity index (χ3n) is 4.68. The van der Waals surface area contributed by atoms with Crippen molar-refractivity contribution in [2.45, 2.75) is 32.1 Å². The first-order valence-electron chi connectivity index (χ1n) is 9.39. The highest BCUT2D eigenvalue weighted by molar-refractivity contribution is 7.92. The second-order valence-electron chi connectivity index (χ2n) is 6.92. The number of nitrogens with one attached hydrogen (secondary N) is 2. The highest BCUT2D eigenvalue weighted by atomic mass is 32.2. The lowest BCUT2D eigenvalue weighted by Gasteiger charge is -2.12. The molecule has 0 aliphatic heterocycles. The normalized spacial score (nSPS) is 11.1. The van der Waals surface area contributed by atoms with Crippen LogP contribution in [0.2, 0.25) is 0 Å². The van der Waals surface area contributed by atoms with Crippen molar-refractivity contribution < 1.29 is 13.2 Å². The average molecular weight is 409 g/mol. The van der Waals surface area contributed by atoms with Gasteiger partial charge in [-0.25, -0.2) is 8.42 Å². The van der Waals surface area contributed by atoms with Crippen LogP contribution < -0.4 is 10.0 Å². The minimum atomic E-state index is -3.71. The average Bonchev–Trinajstić information content (AvgIpc) is 2.70. The van der Waals surface area contributed by atoms with Crippen LogP contribution in [0.3, 0.4) is 0 Å². The molecular weight excluding hydrogens is 384 g/mol. The molecule has 0 aliphatic rings. The summed E-state index contributed by atoms with van der Waals surface area (Å²) in [6, 6.07) is 19.3. The summed E-state index contributed by atoms with van der Waals surface area (Å²) in [7, 11) is -3.71. The zero-order valence-electron chi connectivity index (χ0n) is 16.7. The molecule has 0 heterocycles. The summed E-state index contributed by atoms with van der Waals surface area (Å²) >= 11 is 0. The molecule has 0 aliphatic carbocycles. The maximum Gasteiger partial charge on any atom is 0.262 e. The van der Waals surface area contributed by atoms with E-state index in [1.807, 2.05) is 44.2 Å². The lowest BCUT2D eigenvalue weighted by Crippen LogP contribution is -2.15. The Labute approximate surface area is 171 Å². The van der Waals surface area contributed by atoms with E-state index in [4.69, 9.17) is 0 Å². The van der Waals surface area contributed by atoms with Gasteiger partial charge in [-0.3, -0.25) is 9.52 Å². The molecule has 0 spiro atoms. The number of carbonyl (C=O) groups is 1. The Morgan fingerprint density at radius 3 is 2.31 bits per heavy atom. The van der Waals surface area contributed by atoms with E-state index in [1.54, 1.807) is 43.3 Å². The monoisotopic (exact) mass is 408 g/mol. The van der Waals surface area contributed by atoms with E-state index in [9.17, 15) is 13.2 Å². The number of para-hydroxylation sites is 1. The van der Waals surface area contributed by atoms with Crippen molar-refractivity contribution in [1.29, 1.82) is 0 Å². The highest BCUT2D eigenvalue weighted by Gasteiger charge is 2.17. The fourth-order valence-electron chi connectivity index (χ4n) is 3.04. The number of sulfonamides is 1. The summed E-state index contributed by atoms with van der Waals surface area (Å²) in [4.78, 5) is 12.8. The van der Waals surface area contributed by atoms with Gasteiger partial charge in [0.05, 0.1) is 4.90 Å². The number of benzene rings is 3. The van der Waals surface area contributed by atoms with Crippen LogP contribution in [0.4, 0.5) is 11.4 Å². The largest absolute Gasteiger partial charge is 0.322 e. The zero-order chi connectivity index (χ0) is 21.0. The molecule has 0 atom stereocenters. The second kappa shape index (κ2) is 8.49. The van der Waals surface area contributed by atoms with E-state index in [-0.39, 0.29) is 10.8 Å². The van der Waals surface area contributed by atoms with Gasteiger partial charge in [-0.1, -0.05) is 37.3 Å². The first kappa shape index (κ1) is 20.6. The summed E-state index contributed by atoms with van der Waals surface area (Å²) in [6.07, 6.45) is 0.815. The van der Waals surface area contributed by atoms with Gasteiger partial charge >= 0.3 is 0 Å². The lowest BCUT2D eigenvalue weighted by molar-refractivity contribution is 0.102. The van der Waals surface area contributed by atoms with Gasteiger partial charge < -0.3 is 5.32 Å². The van der Waals surface area contributed by atoms with Crippen molar-refractivity contribution in [3.63, 3.8) is 0 Å². The zero-order valence-corrected chi connectivity index (χ0v) is 17.5. The third kappa shape index (κ3) is 4.84. The first-order chi connectivity index (χ1) is 13.8. The molecule has 29 heavy (non-hydrogen) atoms. The summed E-state index contributed by atoms with van der Waals surface area (Å²) < 4.78 is 28.0. The molecule has 0 saturated heterocycles. The standard InChI is InChI=1S/C23H24N2O3S/c1-4-18-7-5-6-8-21(18)24-23(26)19-11-13-20(14-12-19)25-29(27,28)22-15-16(2)9-10-17(22)3/h5-15,25H,4H2,1-3H3,(H,24,26). The molecule has 0 fully saturated rings. The summed E-state index contributed by atoms with van der Waals surface area (Å²) in [6.45, 7) is 5.64. The molecular formula is C23H24N2O3S. The Hall–Kier alpha value is -3.12. The Kier molecular flexibility index (Phi) is 6.03. The van der Waals surface area contributed by atoms with Crippen LogP contribution in [-0.4, -0.2) is 14.3 Å². The molecule has 150 valence electrons. The van der Waals surface area contributed by atoms with Gasteiger partial charge in [-0.15, -0.1) is 0 Å². The molecule has 6 heteroatoms. The van der Waals surface area contributed by atoms with Crippen molar-refractivity contribution >= 4 is 27.3 Å². The molecule has 0 radical (unpaired) electrons. The van der Waals surface area contributed by atoms with Crippen LogP contribution in [0.15, 0.2) is 71.6 Å². The van der Waals surface area contributed by atoms with Crippen molar-refractivity contribution in [3.8, 4) is 0 Å². The smallest absolute Gasteiger partial charge is 0.262 e. The number of amides is 1. The molecule has 0 aromatic heterocycles. The number of rotatable bonds is 6. The molecule has 2 N–H and O–H groups in total. The Morgan fingerprint density at radius 2 is 1.62 bits per heavy atom. The summed E-state index contributed by atoms with van der Waals surface area (Å²) in [5.41, 5.74) is 4.23. The SMILES string of the molecule is CCc1ccccc1NC(=O)c1ccc(NS(=O)(=O)c2cc(C)ccc2C)cc1. The van der Waals surface area contributed by atoms with Gasteiger partial charge in [-0.05, 0) is 73.4 Å². The van der Waals surface area contributed by atoms with Gasteiger partial charge in [0.15, 0.2) is 0 Å². The molecule has 0 unspecified atom stereocenters. The van der Waals surface area contributed by atoms with Crippen LogP contribution in [0.5, 0.6) is 0 Å². The first-order valence-corrected chi connectivity index (χ1v) is 10.9. The molecule has 1 amide bonds. The number of anilines is 2. The predicted octanol–water partition coefficient (Wildman–Crippen LogP) is 4.92. The maximum atomic E-state index is 12.7. The van der Waals surface area contributed by atoms with Crippen molar-refractivity contribution in [3.05, 3.63) is 89.0 Å². The molecule has 3 rings (SSSR count). The minimum Gasteiger partial charge on any atom is -0.322 e. The van der Waals surface area contributed by atoms with Crippen LogP contribution in [-0.2, 0) is 16.4 Å². The fraction of sp³-hybridized carbons (Fsp3) is 0.174. The summed E-state index contributed by atoms with van der Waals surface area (Å²) in [5.74, 6) is -0.241. The molecule has 0 bridgehead atoms. The third-order valence-corrected chi connectivity index (χ3v) is 6.20. The van der Waals surface area contributed by atoms with Crippen molar-refractivity contribution in [2.75, 3.05) is 10.0 Å². The van der Waals surface area contributed by atoms with Crippen molar-refractivity contribution in [2.24, 2.45) is 0 Å². The quantitative estimate of drug-likeness (QED) is 0.608. The molecule has 0 saturated carbocycles. The van der Waals surface area contributed by atoms with Crippen LogP contribution >= 0.6 is 0 Å². The lowest BCUT2D eigenvalue weighted by atomic mass is 10.1. The summed E-state index contributed by atoms with van der Waals surface area (Å²) in [5, 5.41) is 2.91. The Bertz CT molecular complexity index is 1140. The predicted molar refractivity (Wildman–Crippen MR) is 117 cm³/mol. The van der Waals surface area contributed by atoms with Crippen LogP contribution in [0, 0.1) is 13.8 Å². The van der Waals surface area contributed by atoms with Gasteiger partial charge in [0, 0.05) is 16.9 Å². The number of hydrogen-bond acceptors (Lipinski definition) is 3. The van der Waals surface area contributed by atoms with E-state index in [0.717, 1.165) is 23.2 Å². The van der Waals surface area contributed by atoms with Crippen LogP contribution in [0.25, 0.3) is 0 Å². The fourth-order valence-corrected chi connectivity index (χ4v) is 4.43. The topological polar surface area (TPSA) is 75.3 Å². The van der Waals surface area contributed by atoms with Gasteiger partial charge in [0.1, 0.15) is 0 Å². The molecule has 5 nitrogen and oxygen atoms in total. The van der Waals surface area contributed by atoms with Gasteiger partial charge in [0.2, 0.25) is 0 Å². The Morgan fingerprint density at radius 1 is 0.931 bits per heavy atom. The van der Waals surface area contributed by atoms with E-state index in [0.29, 0.717) is 16.8 Å².